The number of amides is 3. The normalized spacial score (nSPS) is 26.6. The Morgan fingerprint density at radius 3 is 1.58 bits per heavy atom. The number of carbonyl (C=O) groups excluding carboxylic acids is 3. The van der Waals surface area contributed by atoms with Gasteiger partial charge in [-0.05, 0) is 59.4 Å². The molecule has 1 aliphatic heterocycles. The molecule has 33 heavy (non-hydrogen) atoms. The second-order valence-electron chi connectivity index (χ2n) is 9.57. The molecule has 1 saturated heterocycles. The number of hydrogen-bond donors (Lipinski definition) is 1. The summed E-state index contributed by atoms with van der Waals surface area (Å²) in [5, 5.41) is 2.97. The fourth-order valence-electron chi connectivity index (χ4n) is 6.19. The molecule has 0 aromatic heterocycles. The molecule has 3 aromatic carbocycles. The van der Waals surface area contributed by atoms with E-state index in [1.54, 1.807) is 24.3 Å². The summed E-state index contributed by atoms with van der Waals surface area (Å²) in [5.41, 5.74) is 5.74. The third kappa shape index (κ3) is 2.56. The van der Waals surface area contributed by atoms with Gasteiger partial charge in [0, 0.05) is 23.4 Å². The van der Waals surface area contributed by atoms with Crippen LogP contribution in [0.15, 0.2) is 72.8 Å². The van der Waals surface area contributed by atoms with Crippen LogP contribution in [0, 0.1) is 11.8 Å². The van der Waals surface area contributed by atoms with Crippen LogP contribution >= 0.6 is 0 Å². The fraction of sp³-hybridized carbons (Fsp3) is 0.250. The van der Waals surface area contributed by atoms with Crippen LogP contribution in [0.5, 0.6) is 0 Å². The maximum absolute atomic E-state index is 13.8. The van der Waals surface area contributed by atoms with E-state index in [1.807, 2.05) is 24.3 Å². The first-order chi connectivity index (χ1) is 16.1. The highest BCUT2D eigenvalue weighted by atomic mass is 16.2. The van der Waals surface area contributed by atoms with Gasteiger partial charge in [-0.1, -0.05) is 48.5 Å². The highest BCUT2D eigenvalue weighted by molar-refractivity contribution is 6.23. The van der Waals surface area contributed by atoms with Crippen LogP contribution in [-0.4, -0.2) is 23.8 Å². The summed E-state index contributed by atoms with van der Waals surface area (Å²) in [4.78, 5) is 41.2. The molecular formula is C28H22N2O3. The molecule has 162 valence electrons. The van der Waals surface area contributed by atoms with Crippen molar-refractivity contribution in [1.29, 1.82) is 0 Å². The van der Waals surface area contributed by atoms with Crippen molar-refractivity contribution in [2.45, 2.75) is 30.7 Å². The Hall–Kier alpha value is -3.73. The predicted octanol–water partition coefficient (Wildman–Crippen LogP) is 3.98. The Morgan fingerprint density at radius 1 is 0.697 bits per heavy atom. The summed E-state index contributed by atoms with van der Waals surface area (Å²) in [7, 11) is 0. The highest BCUT2D eigenvalue weighted by Crippen LogP contribution is 2.61. The average molecular weight is 434 g/mol. The van der Waals surface area contributed by atoms with Crippen molar-refractivity contribution in [1.82, 2.24) is 5.32 Å². The minimum absolute atomic E-state index is 0.110. The van der Waals surface area contributed by atoms with E-state index in [0.717, 1.165) is 35.1 Å². The summed E-state index contributed by atoms with van der Waals surface area (Å²) in [6.07, 6.45) is 2.05. The number of benzene rings is 3. The Kier molecular flexibility index (Phi) is 3.78. The SMILES string of the molecule is O=C(NC1CC1)c1ccc(N2C(=O)[C@H]3C4c5ccccc5C(c5ccccc54)[C@@H]3C2=O)cc1. The largest absolute Gasteiger partial charge is 0.349 e. The monoisotopic (exact) mass is 434 g/mol. The lowest BCUT2D eigenvalue weighted by Crippen LogP contribution is -2.41. The van der Waals surface area contributed by atoms with Crippen molar-refractivity contribution >= 4 is 23.4 Å². The molecule has 5 heteroatoms. The molecule has 5 aliphatic rings. The van der Waals surface area contributed by atoms with Crippen LogP contribution in [0.3, 0.4) is 0 Å². The zero-order valence-electron chi connectivity index (χ0n) is 17.9. The number of nitrogens with one attached hydrogen (secondary N) is 1. The molecule has 4 aliphatic carbocycles. The minimum atomic E-state index is -0.398. The van der Waals surface area contributed by atoms with E-state index < -0.39 is 11.8 Å². The molecule has 3 aromatic rings. The third-order valence-corrected chi connectivity index (χ3v) is 7.75. The molecule has 1 N–H and O–H groups in total. The van der Waals surface area contributed by atoms with Crippen molar-refractivity contribution in [2.24, 2.45) is 11.8 Å². The topological polar surface area (TPSA) is 66.5 Å². The number of hydrogen-bond acceptors (Lipinski definition) is 3. The van der Waals surface area contributed by atoms with Crippen molar-refractivity contribution < 1.29 is 14.4 Å². The van der Waals surface area contributed by atoms with Crippen LogP contribution in [0.1, 0.15) is 57.3 Å². The zero-order chi connectivity index (χ0) is 22.3. The van der Waals surface area contributed by atoms with Gasteiger partial charge < -0.3 is 5.32 Å². The zero-order valence-corrected chi connectivity index (χ0v) is 17.9. The molecule has 5 nitrogen and oxygen atoms in total. The molecule has 3 amide bonds. The third-order valence-electron chi connectivity index (χ3n) is 7.75. The minimum Gasteiger partial charge on any atom is -0.349 e. The maximum Gasteiger partial charge on any atom is 0.251 e. The van der Waals surface area contributed by atoms with Crippen LogP contribution in [-0.2, 0) is 9.59 Å². The summed E-state index contributed by atoms with van der Waals surface area (Å²) in [6.45, 7) is 0. The van der Waals surface area contributed by atoms with Crippen LogP contribution < -0.4 is 10.2 Å². The van der Waals surface area contributed by atoms with Crippen molar-refractivity contribution in [3.05, 3.63) is 101 Å². The van der Waals surface area contributed by atoms with E-state index in [9.17, 15) is 14.4 Å². The Balaban J connectivity index is 1.29. The number of anilines is 1. The average Bonchev–Trinajstić information content (AvgIpc) is 3.63. The van der Waals surface area contributed by atoms with Crippen LogP contribution in [0.4, 0.5) is 5.69 Å². The predicted molar refractivity (Wildman–Crippen MR) is 123 cm³/mol. The molecule has 0 spiro atoms. The first-order valence-corrected chi connectivity index (χ1v) is 11.6. The second-order valence-corrected chi connectivity index (χ2v) is 9.57. The molecule has 2 atom stereocenters. The van der Waals surface area contributed by atoms with Crippen molar-refractivity contribution in [2.75, 3.05) is 4.90 Å². The molecule has 2 fully saturated rings. The summed E-state index contributed by atoms with van der Waals surface area (Å²) >= 11 is 0. The molecule has 8 rings (SSSR count). The van der Waals surface area contributed by atoms with E-state index >= 15 is 0 Å². The summed E-state index contributed by atoms with van der Waals surface area (Å²) in [5.74, 6) is -1.41. The van der Waals surface area contributed by atoms with Crippen molar-refractivity contribution in [3.8, 4) is 0 Å². The van der Waals surface area contributed by atoms with Gasteiger partial charge in [0.15, 0.2) is 0 Å². The molecule has 1 saturated carbocycles. The second kappa shape index (κ2) is 6.64. The van der Waals surface area contributed by atoms with E-state index in [4.69, 9.17) is 0 Å². The van der Waals surface area contributed by atoms with Gasteiger partial charge in [-0.15, -0.1) is 0 Å². The quantitative estimate of drug-likeness (QED) is 0.635. The number of nitrogens with zero attached hydrogens (tertiary/aromatic N) is 1. The van der Waals surface area contributed by atoms with Crippen LogP contribution in [0.2, 0.25) is 0 Å². The van der Waals surface area contributed by atoms with E-state index in [1.165, 1.54) is 4.90 Å². The van der Waals surface area contributed by atoms with Gasteiger partial charge in [0.05, 0.1) is 17.5 Å². The molecule has 1 heterocycles. The van der Waals surface area contributed by atoms with Gasteiger partial charge in [-0.3, -0.25) is 14.4 Å². The molecule has 0 radical (unpaired) electrons. The lowest BCUT2D eigenvalue weighted by Gasteiger charge is -2.45. The Bertz CT molecular complexity index is 1230. The van der Waals surface area contributed by atoms with Crippen LogP contribution in [0.25, 0.3) is 0 Å². The van der Waals surface area contributed by atoms with E-state index in [-0.39, 0.29) is 35.6 Å². The van der Waals surface area contributed by atoms with Gasteiger partial charge in [-0.25, -0.2) is 4.90 Å². The van der Waals surface area contributed by atoms with Gasteiger partial charge in [-0.2, -0.15) is 0 Å². The van der Waals surface area contributed by atoms with E-state index in [0.29, 0.717) is 11.3 Å². The first-order valence-electron chi connectivity index (χ1n) is 11.6. The lowest BCUT2D eigenvalue weighted by molar-refractivity contribution is -0.122. The van der Waals surface area contributed by atoms with Gasteiger partial charge in [0.2, 0.25) is 11.8 Å². The molecular weight excluding hydrogens is 412 g/mol. The fourth-order valence-corrected chi connectivity index (χ4v) is 6.19. The smallest absolute Gasteiger partial charge is 0.251 e. The highest BCUT2D eigenvalue weighted by Gasteiger charge is 2.61. The standard InChI is InChI=1S/C28H22N2O3/c31-26(29-16-11-12-16)15-9-13-17(14-10-15)30-27(32)24-22-18-5-1-2-6-19(18)23(25(24)28(30)33)21-8-4-3-7-20(21)22/h1-10,13-14,16,22-25H,11-12H2,(H,29,31)/t22?,23?,24-,25-/m0/s1. The van der Waals surface area contributed by atoms with Crippen molar-refractivity contribution in [3.63, 3.8) is 0 Å². The Morgan fingerprint density at radius 2 is 1.15 bits per heavy atom. The summed E-state index contributed by atoms with van der Waals surface area (Å²) < 4.78 is 0. The maximum atomic E-state index is 13.8. The van der Waals surface area contributed by atoms with Gasteiger partial charge >= 0.3 is 0 Å². The summed E-state index contributed by atoms with van der Waals surface area (Å²) in [6, 6.07) is 23.6. The number of imide groups is 1. The molecule has 2 bridgehead atoms. The first kappa shape index (κ1) is 18.8. The Labute approximate surface area is 191 Å². The lowest BCUT2D eigenvalue weighted by atomic mass is 9.55. The number of rotatable bonds is 3. The van der Waals surface area contributed by atoms with Gasteiger partial charge in [0.25, 0.3) is 5.91 Å². The van der Waals surface area contributed by atoms with E-state index in [2.05, 4.69) is 29.6 Å². The van der Waals surface area contributed by atoms with Gasteiger partial charge in [0.1, 0.15) is 0 Å². The number of carbonyl (C=O) groups is 3. The molecule has 0 unspecified atom stereocenters.